The first-order chi connectivity index (χ1) is 13.7. The van der Waals surface area contributed by atoms with Crippen molar-refractivity contribution in [1.29, 1.82) is 0 Å². The van der Waals surface area contributed by atoms with Gasteiger partial charge in [0, 0.05) is 22.9 Å². The summed E-state index contributed by atoms with van der Waals surface area (Å²) in [6.07, 6.45) is -3.23. The Bertz CT molecular complexity index is 1160. The number of furan rings is 1. The maximum Gasteiger partial charge on any atom is 0.423 e. The molecule has 3 aromatic rings. The van der Waals surface area contributed by atoms with Crippen LogP contribution in [0.2, 0.25) is 0 Å². The van der Waals surface area contributed by atoms with Crippen LogP contribution in [0.25, 0.3) is 21.9 Å². The minimum absolute atomic E-state index is 0.0594. The van der Waals surface area contributed by atoms with Crippen LogP contribution in [-0.4, -0.2) is 19.0 Å². The number of ether oxygens (including phenoxy) is 3. The lowest BCUT2D eigenvalue weighted by Crippen LogP contribution is -2.12. The molecule has 0 spiro atoms. The summed E-state index contributed by atoms with van der Waals surface area (Å²) in [5, 5.41) is 0.382. The molecule has 0 aliphatic heterocycles. The van der Waals surface area contributed by atoms with Crippen LogP contribution in [0.4, 0.5) is 13.2 Å². The molecular formula is C20H13F3O6. The van der Waals surface area contributed by atoms with E-state index < -0.39 is 35.0 Å². The van der Waals surface area contributed by atoms with Gasteiger partial charge >= 0.3 is 18.1 Å². The molecule has 6 nitrogen and oxygen atoms in total. The number of carbonyl (C=O) groups excluding carboxylic acids is 2. The molecule has 0 unspecified atom stereocenters. The number of hydrogen-bond acceptors (Lipinski definition) is 6. The van der Waals surface area contributed by atoms with Gasteiger partial charge in [0.15, 0.2) is 16.9 Å². The van der Waals surface area contributed by atoms with Gasteiger partial charge in [-0.15, -0.1) is 0 Å². The van der Waals surface area contributed by atoms with E-state index in [4.69, 9.17) is 18.6 Å². The number of halogens is 3. The molecule has 0 bridgehead atoms. The molecule has 1 heterocycles. The van der Waals surface area contributed by atoms with Crippen LogP contribution in [-0.2, 0) is 15.8 Å². The molecule has 0 amide bonds. The van der Waals surface area contributed by atoms with Crippen LogP contribution >= 0.6 is 0 Å². The summed E-state index contributed by atoms with van der Waals surface area (Å²) >= 11 is 0. The summed E-state index contributed by atoms with van der Waals surface area (Å²) in [6, 6.07) is 5.11. The van der Waals surface area contributed by atoms with Crippen LogP contribution < -0.4 is 14.2 Å². The molecule has 0 saturated heterocycles. The summed E-state index contributed by atoms with van der Waals surface area (Å²) in [4.78, 5) is 22.9. The first kappa shape index (κ1) is 20.0. The van der Waals surface area contributed by atoms with Gasteiger partial charge in [0.2, 0.25) is 5.75 Å². The third-order valence-corrected chi connectivity index (χ3v) is 3.93. The fourth-order valence-electron chi connectivity index (χ4n) is 2.77. The zero-order valence-electron chi connectivity index (χ0n) is 15.0. The van der Waals surface area contributed by atoms with Gasteiger partial charge in [0.1, 0.15) is 11.3 Å². The normalized spacial score (nSPS) is 11.3. The van der Waals surface area contributed by atoms with Crippen molar-refractivity contribution in [3.8, 4) is 17.2 Å². The molecular weight excluding hydrogens is 393 g/mol. The van der Waals surface area contributed by atoms with Gasteiger partial charge in [-0.3, -0.25) is 0 Å². The number of esters is 2. The van der Waals surface area contributed by atoms with Crippen molar-refractivity contribution >= 4 is 33.9 Å². The standard InChI is InChI=1S/C20H13F3O6/c1-4-14(24)27-12-8-6-10-11-7-9-13(28-15(25)5-2)19(26-3)18(11)29-17(10)16(12)20(21,22)23/h4-9H,1-2H2,3H3. The van der Waals surface area contributed by atoms with Crippen LogP contribution in [0.15, 0.2) is 54.0 Å². The van der Waals surface area contributed by atoms with E-state index in [-0.39, 0.29) is 27.9 Å². The summed E-state index contributed by atoms with van der Waals surface area (Å²) in [5.41, 5.74) is -1.91. The minimum atomic E-state index is -4.89. The monoisotopic (exact) mass is 406 g/mol. The number of rotatable bonds is 5. The summed E-state index contributed by atoms with van der Waals surface area (Å²) in [6.45, 7) is 6.44. The Morgan fingerprint density at radius 2 is 1.45 bits per heavy atom. The van der Waals surface area contributed by atoms with E-state index in [0.29, 0.717) is 0 Å². The molecule has 0 N–H and O–H groups in total. The van der Waals surface area contributed by atoms with Gasteiger partial charge in [-0.2, -0.15) is 13.2 Å². The Morgan fingerprint density at radius 3 is 1.97 bits per heavy atom. The molecule has 150 valence electrons. The molecule has 0 saturated carbocycles. The zero-order valence-corrected chi connectivity index (χ0v) is 15.0. The number of alkyl halides is 3. The predicted octanol–water partition coefficient (Wildman–Crippen LogP) is 4.80. The van der Waals surface area contributed by atoms with E-state index in [1.807, 2.05) is 0 Å². The molecule has 29 heavy (non-hydrogen) atoms. The highest BCUT2D eigenvalue weighted by atomic mass is 19.4. The van der Waals surface area contributed by atoms with E-state index in [0.717, 1.165) is 18.2 Å². The largest absolute Gasteiger partial charge is 0.490 e. The molecule has 9 heteroatoms. The second-order valence-electron chi connectivity index (χ2n) is 5.64. The van der Waals surface area contributed by atoms with Gasteiger partial charge in [-0.25, -0.2) is 9.59 Å². The third kappa shape index (κ3) is 3.54. The molecule has 2 aromatic carbocycles. The number of methoxy groups -OCH3 is 1. The maximum atomic E-state index is 13.8. The lowest BCUT2D eigenvalue weighted by molar-refractivity contribution is -0.140. The topological polar surface area (TPSA) is 75.0 Å². The van der Waals surface area contributed by atoms with Gasteiger partial charge in [-0.05, 0) is 24.3 Å². The predicted molar refractivity (Wildman–Crippen MR) is 96.9 cm³/mol. The van der Waals surface area contributed by atoms with E-state index >= 15 is 0 Å². The van der Waals surface area contributed by atoms with E-state index in [1.165, 1.54) is 25.3 Å². The van der Waals surface area contributed by atoms with Gasteiger partial charge in [0.25, 0.3) is 0 Å². The van der Waals surface area contributed by atoms with Crippen molar-refractivity contribution in [3.63, 3.8) is 0 Å². The van der Waals surface area contributed by atoms with Crippen molar-refractivity contribution < 1.29 is 41.4 Å². The SMILES string of the molecule is C=CC(=O)Oc1ccc2c(oc3c(C(F)(F)F)c(OC(=O)C=C)ccc32)c1OC. The van der Waals surface area contributed by atoms with Crippen molar-refractivity contribution in [1.82, 2.24) is 0 Å². The highest BCUT2D eigenvalue weighted by Gasteiger charge is 2.39. The fourth-order valence-corrected chi connectivity index (χ4v) is 2.77. The Morgan fingerprint density at radius 1 is 0.931 bits per heavy atom. The first-order valence-corrected chi connectivity index (χ1v) is 8.03. The maximum absolute atomic E-state index is 13.8. The number of carbonyl (C=O) groups is 2. The van der Waals surface area contributed by atoms with Crippen molar-refractivity contribution in [3.05, 3.63) is 55.1 Å². The minimum Gasteiger partial charge on any atom is -0.490 e. The Balaban J connectivity index is 2.34. The van der Waals surface area contributed by atoms with Crippen molar-refractivity contribution in [2.24, 2.45) is 0 Å². The summed E-state index contributed by atoms with van der Waals surface area (Å²) in [7, 11) is 1.25. The summed E-state index contributed by atoms with van der Waals surface area (Å²) < 4.78 is 61.7. The smallest absolute Gasteiger partial charge is 0.423 e. The number of fused-ring (bicyclic) bond motifs is 3. The van der Waals surface area contributed by atoms with Gasteiger partial charge in [0.05, 0.1) is 7.11 Å². The quantitative estimate of drug-likeness (QED) is 0.344. The van der Waals surface area contributed by atoms with Crippen molar-refractivity contribution in [2.75, 3.05) is 7.11 Å². The van der Waals surface area contributed by atoms with E-state index in [9.17, 15) is 22.8 Å². The summed E-state index contributed by atoms with van der Waals surface area (Å²) in [5.74, 6) is -2.70. The van der Waals surface area contributed by atoms with E-state index in [1.54, 1.807) is 0 Å². The Labute approximate surface area is 161 Å². The lowest BCUT2D eigenvalue weighted by Gasteiger charge is -2.12. The van der Waals surface area contributed by atoms with Crippen LogP contribution in [0.5, 0.6) is 17.2 Å². The molecule has 1 aromatic heterocycles. The number of hydrogen-bond donors (Lipinski definition) is 0. The molecule has 0 aliphatic rings. The Hall–Kier alpha value is -3.75. The second-order valence-corrected chi connectivity index (χ2v) is 5.64. The lowest BCUT2D eigenvalue weighted by atomic mass is 10.1. The average Bonchev–Trinajstić information content (AvgIpc) is 3.04. The number of benzene rings is 2. The third-order valence-electron chi connectivity index (χ3n) is 3.93. The molecule has 0 radical (unpaired) electrons. The van der Waals surface area contributed by atoms with E-state index in [2.05, 4.69) is 13.2 Å². The fraction of sp³-hybridized carbons (Fsp3) is 0.100. The molecule has 0 atom stereocenters. The van der Waals surface area contributed by atoms with Gasteiger partial charge < -0.3 is 18.6 Å². The molecule has 0 fully saturated rings. The second kappa shape index (κ2) is 7.34. The highest BCUT2D eigenvalue weighted by Crippen LogP contribution is 2.47. The Kier molecular flexibility index (Phi) is 5.06. The zero-order chi connectivity index (χ0) is 21.3. The van der Waals surface area contributed by atoms with Crippen LogP contribution in [0.3, 0.4) is 0 Å². The van der Waals surface area contributed by atoms with Crippen LogP contribution in [0.1, 0.15) is 5.56 Å². The molecule has 3 rings (SSSR count). The van der Waals surface area contributed by atoms with Gasteiger partial charge in [-0.1, -0.05) is 13.2 Å². The average molecular weight is 406 g/mol. The van der Waals surface area contributed by atoms with Crippen LogP contribution in [0, 0.1) is 0 Å². The first-order valence-electron chi connectivity index (χ1n) is 8.03. The highest BCUT2D eigenvalue weighted by molar-refractivity contribution is 6.09. The molecule has 0 aliphatic carbocycles. The van der Waals surface area contributed by atoms with Crippen molar-refractivity contribution in [2.45, 2.75) is 6.18 Å².